The second-order valence-corrected chi connectivity index (χ2v) is 9.64. The van der Waals surface area contributed by atoms with Crippen molar-refractivity contribution in [2.75, 3.05) is 13.6 Å². The maximum absolute atomic E-state index is 13.0. The lowest BCUT2D eigenvalue weighted by Crippen LogP contribution is -2.45. The highest BCUT2D eigenvalue weighted by atomic mass is 32.1. The average Bonchev–Trinajstić information content (AvgIpc) is 2.94. The molecular formula is C20H30N2O3S. The second kappa shape index (κ2) is 7.69. The van der Waals surface area contributed by atoms with Crippen LogP contribution in [0.4, 0.5) is 0 Å². The minimum Gasteiger partial charge on any atom is -0.478 e. The summed E-state index contributed by atoms with van der Waals surface area (Å²) in [5.74, 6) is -0.757. The van der Waals surface area contributed by atoms with E-state index in [4.69, 9.17) is 0 Å². The van der Waals surface area contributed by atoms with Crippen LogP contribution in [0.5, 0.6) is 0 Å². The highest BCUT2D eigenvalue weighted by Gasteiger charge is 2.35. The van der Waals surface area contributed by atoms with E-state index in [1.54, 1.807) is 0 Å². The first-order valence-corrected chi connectivity index (χ1v) is 10.5. The van der Waals surface area contributed by atoms with Crippen LogP contribution in [-0.2, 0) is 12.8 Å². The fourth-order valence-corrected chi connectivity index (χ4v) is 5.66. The Morgan fingerprint density at radius 2 is 2.00 bits per heavy atom. The number of hydrogen-bond donors (Lipinski definition) is 3. The van der Waals surface area contributed by atoms with Gasteiger partial charge in [-0.1, -0.05) is 26.7 Å². The molecular weight excluding hydrogens is 348 g/mol. The van der Waals surface area contributed by atoms with Gasteiger partial charge in [0.05, 0.1) is 5.56 Å². The van der Waals surface area contributed by atoms with Gasteiger partial charge in [0.25, 0.3) is 5.91 Å². The zero-order valence-electron chi connectivity index (χ0n) is 16.0. The van der Waals surface area contributed by atoms with E-state index in [9.17, 15) is 14.7 Å². The molecule has 1 saturated carbocycles. The second-order valence-electron chi connectivity index (χ2n) is 8.54. The van der Waals surface area contributed by atoms with Gasteiger partial charge in [-0.2, -0.15) is 0 Å². The van der Waals surface area contributed by atoms with Crippen molar-refractivity contribution in [1.29, 1.82) is 0 Å². The van der Waals surface area contributed by atoms with Crippen LogP contribution < -0.4 is 10.6 Å². The molecule has 0 aliphatic heterocycles. The van der Waals surface area contributed by atoms with Gasteiger partial charge in [0, 0.05) is 10.9 Å². The molecule has 2 atom stereocenters. The van der Waals surface area contributed by atoms with Gasteiger partial charge in [-0.3, -0.25) is 4.79 Å². The maximum atomic E-state index is 13.0. The number of amides is 1. The fourth-order valence-electron chi connectivity index (χ4n) is 4.44. The number of carbonyl (C=O) groups excluding carboxylic acids is 1. The SMILES string of the molecule is CNC[C@H]1CCCC[C@H]1NC(=O)c1sc2c(c1C(=O)O)CC(C)(C)CC2. The van der Waals surface area contributed by atoms with Gasteiger partial charge in [0.15, 0.2) is 0 Å². The Labute approximate surface area is 159 Å². The van der Waals surface area contributed by atoms with Crippen molar-refractivity contribution in [2.24, 2.45) is 11.3 Å². The Morgan fingerprint density at radius 1 is 1.27 bits per heavy atom. The summed E-state index contributed by atoms with van der Waals surface area (Å²) < 4.78 is 0. The first-order valence-electron chi connectivity index (χ1n) is 9.65. The summed E-state index contributed by atoms with van der Waals surface area (Å²) in [5.41, 5.74) is 1.23. The first kappa shape index (κ1) is 19.4. The Balaban J connectivity index is 1.85. The van der Waals surface area contributed by atoms with Gasteiger partial charge in [-0.25, -0.2) is 4.79 Å². The van der Waals surface area contributed by atoms with Crippen LogP contribution in [0.2, 0.25) is 0 Å². The molecule has 0 aromatic carbocycles. The molecule has 144 valence electrons. The summed E-state index contributed by atoms with van der Waals surface area (Å²) in [4.78, 5) is 26.4. The number of hydrogen-bond acceptors (Lipinski definition) is 4. The summed E-state index contributed by atoms with van der Waals surface area (Å²) in [6, 6.07) is 0.126. The fraction of sp³-hybridized carbons (Fsp3) is 0.700. The summed E-state index contributed by atoms with van der Waals surface area (Å²) >= 11 is 1.39. The third-order valence-corrected chi connectivity index (χ3v) is 7.18. The molecule has 0 spiro atoms. The molecule has 1 amide bonds. The van der Waals surface area contributed by atoms with Crippen LogP contribution in [0.25, 0.3) is 0 Å². The Bertz CT molecular complexity index is 693. The van der Waals surface area contributed by atoms with Crippen LogP contribution in [0.3, 0.4) is 0 Å². The van der Waals surface area contributed by atoms with E-state index >= 15 is 0 Å². The number of carboxylic acid groups (broad SMARTS) is 1. The molecule has 1 fully saturated rings. The van der Waals surface area contributed by atoms with Crippen molar-refractivity contribution < 1.29 is 14.7 Å². The van der Waals surface area contributed by atoms with E-state index in [1.807, 2.05) is 7.05 Å². The molecule has 5 nitrogen and oxygen atoms in total. The molecule has 1 heterocycles. The van der Waals surface area contributed by atoms with Gasteiger partial charge in [-0.15, -0.1) is 11.3 Å². The summed E-state index contributed by atoms with van der Waals surface area (Å²) in [6.07, 6.45) is 7.03. The van der Waals surface area contributed by atoms with E-state index < -0.39 is 5.97 Å². The quantitative estimate of drug-likeness (QED) is 0.733. The van der Waals surface area contributed by atoms with Crippen LogP contribution in [0.15, 0.2) is 0 Å². The predicted molar refractivity (Wildman–Crippen MR) is 104 cm³/mol. The maximum Gasteiger partial charge on any atom is 0.337 e. The third kappa shape index (κ3) is 3.96. The van der Waals surface area contributed by atoms with Crippen LogP contribution in [0, 0.1) is 11.3 Å². The van der Waals surface area contributed by atoms with Gasteiger partial charge in [-0.05, 0) is 62.6 Å². The summed E-state index contributed by atoms with van der Waals surface area (Å²) in [7, 11) is 1.94. The van der Waals surface area contributed by atoms with Gasteiger partial charge in [0.2, 0.25) is 0 Å². The van der Waals surface area contributed by atoms with Gasteiger partial charge < -0.3 is 15.7 Å². The Hall–Kier alpha value is -1.40. The molecule has 3 rings (SSSR count). The first-order chi connectivity index (χ1) is 12.3. The number of fused-ring (bicyclic) bond motifs is 1. The van der Waals surface area contributed by atoms with Crippen molar-refractivity contribution in [2.45, 2.75) is 64.8 Å². The number of thiophene rings is 1. The average molecular weight is 379 g/mol. The lowest BCUT2D eigenvalue weighted by Gasteiger charge is -2.32. The minimum absolute atomic E-state index is 0.0906. The molecule has 0 saturated heterocycles. The number of aryl methyl sites for hydroxylation is 1. The number of carbonyl (C=O) groups is 2. The molecule has 0 bridgehead atoms. The van der Waals surface area contributed by atoms with E-state index in [0.29, 0.717) is 10.8 Å². The Morgan fingerprint density at radius 3 is 2.69 bits per heavy atom. The normalized spacial score (nSPS) is 24.7. The monoisotopic (exact) mass is 378 g/mol. The van der Waals surface area contributed by atoms with Crippen LogP contribution >= 0.6 is 11.3 Å². The standard InChI is InChI=1S/C20H30N2O3S/c1-20(2)9-8-15-13(10-20)16(19(24)25)17(26-15)18(23)22-14-7-5-4-6-12(14)11-21-3/h12,14,21H,4-11H2,1-3H3,(H,22,23)(H,24,25)/t12-,14-/m1/s1. The molecule has 1 aromatic heterocycles. The largest absolute Gasteiger partial charge is 0.478 e. The predicted octanol–water partition coefficient (Wildman–Crippen LogP) is 3.47. The minimum atomic E-state index is -0.972. The smallest absolute Gasteiger partial charge is 0.337 e. The van der Waals surface area contributed by atoms with Crippen molar-refractivity contribution in [3.8, 4) is 0 Å². The zero-order valence-corrected chi connectivity index (χ0v) is 16.8. The highest BCUT2D eigenvalue weighted by Crippen LogP contribution is 2.41. The summed E-state index contributed by atoms with van der Waals surface area (Å²) in [5, 5.41) is 16.2. The third-order valence-electron chi connectivity index (χ3n) is 5.89. The molecule has 2 aliphatic rings. The molecule has 0 unspecified atom stereocenters. The van der Waals surface area contributed by atoms with E-state index in [1.165, 1.54) is 17.8 Å². The molecule has 26 heavy (non-hydrogen) atoms. The topological polar surface area (TPSA) is 78.4 Å². The molecule has 0 radical (unpaired) electrons. The Kier molecular flexibility index (Phi) is 5.72. The number of aromatic carboxylic acids is 1. The van der Waals surface area contributed by atoms with Crippen LogP contribution in [-0.4, -0.2) is 36.6 Å². The van der Waals surface area contributed by atoms with Crippen molar-refractivity contribution in [3.63, 3.8) is 0 Å². The lowest BCUT2D eigenvalue weighted by atomic mass is 9.76. The number of carboxylic acids is 1. The van der Waals surface area contributed by atoms with E-state index in [2.05, 4.69) is 24.5 Å². The van der Waals surface area contributed by atoms with Gasteiger partial charge in [0.1, 0.15) is 4.88 Å². The number of nitrogens with one attached hydrogen (secondary N) is 2. The van der Waals surface area contributed by atoms with Gasteiger partial charge >= 0.3 is 5.97 Å². The summed E-state index contributed by atoms with van der Waals surface area (Å²) in [6.45, 7) is 5.22. The van der Waals surface area contributed by atoms with Crippen molar-refractivity contribution in [3.05, 3.63) is 20.9 Å². The molecule has 3 N–H and O–H groups in total. The molecule has 1 aromatic rings. The molecule has 2 aliphatic carbocycles. The van der Waals surface area contributed by atoms with Crippen molar-refractivity contribution >= 4 is 23.2 Å². The lowest BCUT2D eigenvalue weighted by molar-refractivity contribution is 0.0688. The number of rotatable bonds is 5. The molecule has 6 heteroatoms. The zero-order chi connectivity index (χ0) is 18.9. The highest BCUT2D eigenvalue weighted by molar-refractivity contribution is 7.14. The van der Waals surface area contributed by atoms with E-state index in [0.717, 1.165) is 55.5 Å². The van der Waals surface area contributed by atoms with E-state index in [-0.39, 0.29) is 22.9 Å². The van der Waals surface area contributed by atoms with Crippen LogP contribution in [0.1, 0.15) is 76.4 Å². The van der Waals surface area contributed by atoms with Crippen molar-refractivity contribution in [1.82, 2.24) is 10.6 Å².